The summed E-state index contributed by atoms with van der Waals surface area (Å²) in [6, 6.07) is 0. The van der Waals surface area contributed by atoms with Crippen LogP contribution in [0.15, 0.2) is 0 Å². The summed E-state index contributed by atoms with van der Waals surface area (Å²) in [7, 11) is 0. The lowest BCUT2D eigenvalue weighted by Crippen LogP contribution is -2.71. The zero-order valence-electron chi connectivity index (χ0n) is 19.3. The van der Waals surface area contributed by atoms with E-state index in [0.717, 1.165) is 0 Å². The number of ketones is 2. The molecule has 0 aromatic heterocycles. The van der Waals surface area contributed by atoms with Crippen LogP contribution in [-0.4, -0.2) is 62.9 Å². The molecule has 0 aromatic carbocycles. The number of alkyl halides is 1. The Labute approximate surface area is 187 Å². The zero-order valence-corrected chi connectivity index (χ0v) is 19.3. The molecule has 0 aliphatic heterocycles. The molecule has 4 aliphatic carbocycles. The fourth-order valence-electron chi connectivity index (χ4n) is 8.35. The van der Waals surface area contributed by atoms with Gasteiger partial charge in [0.15, 0.2) is 6.61 Å². The summed E-state index contributed by atoms with van der Waals surface area (Å²) in [6.07, 6.45) is -1.76. The summed E-state index contributed by atoms with van der Waals surface area (Å²) in [5, 5.41) is 34.4. The van der Waals surface area contributed by atoms with E-state index >= 15 is 4.39 Å². The van der Waals surface area contributed by atoms with Crippen LogP contribution in [0.1, 0.15) is 66.2 Å². The number of hydrogen-bond acceptors (Lipinski definition) is 7. The monoisotopic (exact) mass is 454 g/mol. The number of aliphatic hydroxyl groups is 3. The molecule has 0 unspecified atom stereocenters. The van der Waals surface area contributed by atoms with E-state index in [-0.39, 0.29) is 43.3 Å². The van der Waals surface area contributed by atoms with Gasteiger partial charge in [-0.15, -0.1) is 0 Å². The van der Waals surface area contributed by atoms with Gasteiger partial charge in [0, 0.05) is 30.6 Å². The van der Waals surface area contributed by atoms with Gasteiger partial charge in [-0.25, -0.2) is 4.39 Å². The number of Topliss-reactive ketones (excluding diaryl/α,β-unsaturated/α-hetero) is 2. The SMILES string of the molecule is CC(=O)OCC(=O)[C@@]1(O)[C@@H](C)C[C@H]2[C@@H]3C[C@@H](F)[C@@]4(O)CC(=O)CC[C@]4(C)[C@H]3[C@H](O)C[C@@]21C. The zero-order chi connectivity index (χ0) is 23.9. The maximum Gasteiger partial charge on any atom is 0.303 e. The molecule has 0 amide bonds. The first-order valence-electron chi connectivity index (χ1n) is 11.7. The minimum Gasteiger partial charge on any atom is -0.458 e. The van der Waals surface area contributed by atoms with Crippen molar-refractivity contribution in [1.82, 2.24) is 0 Å². The highest BCUT2D eigenvalue weighted by Gasteiger charge is 2.74. The van der Waals surface area contributed by atoms with Crippen molar-refractivity contribution in [3.63, 3.8) is 0 Å². The van der Waals surface area contributed by atoms with Crippen LogP contribution in [0.2, 0.25) is 0 Å². The first-order chi connectivity index (χ1) is 14.7. The van der Waals surface area contributed by atoms with Gasteiger partial charge in [-0.1, -0.05) is 20.8 Å². The fraction of sp³-hybridized carbons (Fsp3) is 0.875. The summed E-state index contributed by atoms with van der Waals surface area (Å²) in [4.78, 5) is 36.4. The number of hydrogen-bond donors (Lipinski definition) is 3. The lowest BCUT2D eigenvalue weighted by molar-refractivity contribution is -0.261. The third-order valence-electron chi connectivity index (χ3n) is 9.98. The number of rotatable bonds is 3. The third-order valence-corrected chi connectivity index (χ3v) is 9.98. The normalized spacial score (nSPS) is 52.6. The van der Waals surface area contributed by atoms with Gasteiger partial charge in [0.25, 0.3) is 0 Å². The molecule has 0 radical (unpaired) electrons. The molecule has 180 valence electrons. The van der Waals surface area contributed by atoms with Crippen molar-refractivity contribution in [2.45, 2.75) is 89.7 Å². The number of fused-ring (bicyclic) bond motifs is 5. The van der Waals surface area contributed by atoms with Crippen LogP contribution < -0.4 is 0 Å². The predicted octanol–water partition coefficient (Wildman–Crippen LogP) is 1.74. The van der Waals surface area contributed by atoms with Crippen LogP contribution >= 0.6 is 0 Å². The van der Waals surface area contributed by atoms with E-state index in [0.29, 0.717) is 12.8 Å². The van der Waals surface area contributed by atoms with Crippen LogP contribution in [0.3, 0.4) is 0 Å². The van der Waals surface area contributed by atoms with E-state index in [1.165, 1.54) is 6.92 Å². The number of halogens is 1. The molecule has 32 heavy (non-hydrogen) atoms. The first kappa shape index (κ1) is 23.8. The molecule has 0 heterocycles. The number of carbonyl (C=O) groups excluding carboxylic acids is 3. The van der Waals surface area contributed by atoms with Gasteiger partial charge >= 0.3 is 5.97 Å². The number of carbonyl (C=O) groups is 3. The lowest BCUT2D eigenvalue weighted by atomic mass is 9.41. The molecule has 0 bridgehead atoms. The molecule has 4 fully saturated rings. The Morgan fingerprint density at radius 2 is 1.84 bits per heavy atom. The van der Waals surface area contributed by atoms with Crippen molar-refractivity contribution in [2.75, 3.05) is 6.61 Å². The van der Waals surface area contributed by atoms with Crippen molar-refractivity contribution in [1.29, 1.82) is 0 Å². The smallest absolute Gasteiger partial charge is 0.303 e. The highest BCUT2D eigenvalue weighted by Crippen LogP contribution is 2.70. The highest BCUT2D eigenvalue weighted by atomic mass is 19.1. The Bertz CT molecular complexity index is 846. The summed E-state index contributed by atoms with van der Waals surface area (Å²) in [6.45, 7) is 5.96. The Kier molecular flexibility index (Phi) is 5.43. The molecule has 0 spiro atoms. The van der Waals surface area contributed by atoms with Crippen molar-refractivity contribution in [2.24, 2.45) is 34.5 Å². The molecule has 3 N–H and O–H groups in total. The van der Waals surface area contributed by atoms with Gasteiger partial charge in [0.05, 0.1) is 6.10 Å². The van der Waals surface area contributed by atoms with Crippen LogP contribution in [0.25, 0.3) is 0 Å². The van der Waals surface area contributed by atoms with Crippen molar-refractivity contribution in [3.8, 4) is 0 Å². The molecule has 0 aromatic rings. The topological polar surface area (TPSA) is 121 Å². The number of ether oxygens (including phenoxy) is 1. The largest absolute Gasteiger partial charge is 0.458 e. The summed E-state index contributed by atoms with van der Waals surface area (Å²) in [5.74, 6) is -2.90. The lowest BCUT2D eigenvalue weighted by Gasteiger charge is -2.65. The highest BCUT2D eigenvalue weighted by molar-refractivity contribution is 5.91. The number of aliphatic hydroxyl groups excluding tert-OH is 1. The van der Waals surface area contributed by atoms with Gasteiger partial charge in [0.2, 0.25) is 5.78 Å². The molecule has 0 saturated heterocycles. The van der Waals surface area contributed by atoms with Crippen LogP contribution in [0, 0.1) is 34.5 Å². The minimum atomic E-state index is -1.82. The van der Waals surface area contributed by atoms with Gasteiger partial charge in [-0.3, -0.25) is 14.4 Å². The van der Waals surface area contributed by atoms with Crippen molar-refractivity contribution in [3.05, 3.63) is 0 Å². The minimum absolute atomic E-state index is 0.0255. The second kappa shape index (κ2) is 7.31. The molecule has 4 saturated carbocycles. The van der Waals surface area contributed by atoms with Gasteiger partial charge in [-0.05, 0) is 49.4 Å². The van der Waals surface area contributed by atoms with E-state index in [9.17, 15) is 29.7 Å². The Balaban J connectivity index is 1.73. The van der Waals surface area contributed by atoms with Gasteiger partial charge in [0.1, 0.15) is 23.2 Å². The molecular formula is C24H35FO7. The van der Waals surface area contributed by atoms with E-state index in [1.54, 1.807) is 20.8 Å². The van der Waals surface area contributed by atoms with E-state index in [4.69, 9.17) is 4.74 Å². The fourth-order valence-corrected chi connectivity index (χ4v) is 8.35. The second-order valence-electron chi connectivity index (χ2n) is 11.4. The molecule has 4 aliphatic rings. The van der Waals surface area contributed by atoms with E-state index in [2.05, 4.69) is 0 Å². The molecule has 4 rings (SSSR count). The quantitative estimate of drug-likeness (QED) is 0.556. The summed E-state index contributed by atoms with van der Waals surface area (Å²) < 4.78 is 20.5. The van der Waals surface area contributed by atoms with Crippen molar-refractivity contribution >= 4 is 17.5 Å². The van der Waals surface area contributed by atoms with Crippen molar-refractivity contribution < 1.29 is 38.8 Å². The van der Waals surface area contributed by atoms with Crippen LogP contribution in [-0.2, 0) is 19.1 Å². The Morgan fingerprint density at radius 3 is 2.47 bits per heavy atom. The first-order valence-corrected chi connectivity index (χ1v) is 11.7. The summed E-state index contributed by atoms with van der Waals surface area (Å²) in [5.41, 5.74) is -5.64. The molecule has 10 atom stereocenters. The van der Waals surface area contributed by atoms with Crippen LogP contribution in [0.4, 0.5) is 4.39 Å². The second-order valence-corrected chi connectivity index (χ2v) is 11.4. The standard InChI is InChI=1S/C24H35FO7/c1-12-7-16-15-8-18(25)23(30)9-14(27)5-6-21(23,3)20(15)17(28)10-22(16,4)24(12,31)19(29)11-32-13(2)26/h12,15-18,20,28,30-31H,5-11H2,1-4H3/t12-,15-,16-,17+,18+,20+,21+,22-,23-,24-/m0/s1. The third kappa shape index (κ3) is 2.84. The van der Waals surface area contributed by atoms with E-state index < -0.39 is 64.5 Å². The Hall–Kier alpha value is -1.38. The average Bonchev–Trinajstić information content (AvgIpc) is 2.89. The van der Waals surface area contributed by atoms with Crippen LogP contribution in [0.5, 0.6) is 0 Å². The molecule has 8 heteroatoms. The average molecular weight is 455 g/mol. The molecule has 7 nitrogen and oxygen atoms in total. The maximum absolute atomic E-state index is 15.6. The Morgan fingerprint density at radius 1 is 1.19 bits per heavy atom. The van der Waals surface area contributed by atoms with Gasteiger partial charge < -0.3 is 20.1 Å². The summed E-state index contributed by atoms with van der Waals surface area (Å²) >= 11 is 0. The predicted molar refractivity (Wildman–Crippen MR) is 111 cm³/mol. The van der Waals surface area contributed by atoms with Gasteiger partial charge in [-0.2, -0.15) is 0 Å². The maximum atomic E-state index is 15.6. The number of esters is 1. The molecular weight excluding hydrogens is 419 g/mol. The van der Waals surface area contributed by atoms with E-state index in [1.807, 2.05) is 0 Å².